The zero-order chi connectivity index (χ0) is 21.7. The smallest absolute Gasteiger partial charge is 0.311 e. The summed E-state index contributed by atoms with van der Waals surface area (Å²) in [6.07, 6.45) is 0.00620. The number of nitrogens with one attached hydrogen (secondary N) is 1. The van der Waals surface area contributed by atoms with Gasteiger partial charge in [0.1, 0.15) is 11.5 Å². The van der Waals surface area contributed by atoms with Gasteiger partial charge in [0.2, 0.25) is 0 Å². The molecule has 0 aliphatic carbocycles. The molecule has 2 aromatic heterocycles. The highest BCUT2D eigenvalue weighted by Gasteiger charge is 2.21. The van der Waals surface area contributed by atoms with E-state index in [0.29, 0.717) is 11.4 Å². The number of nitrogens with zero attached hydrogens (tertiary/aromatic N) is 2. The van der Waals surface area contributed by atoms with Crippen molar-refractivity contribution in [3.63, 3.8) is 0 Å². The van der Waals surface area contributed by atoms with Crippen molar-refractivity contribution in [3.05, 3.63) is 57.3 Å². The van der Waals surface area contributed by atoms with E-state index in [0.717, 1.165) is 11.3 Å². The molecule has 0 radical (unpaired) electrons. The summed E-state index contributed by atoms with van der Waals surface area (Å²) in [5.74, 6) is -0.529. The van der Waals surface area contributed by atoms with E-state index in [1.165, 1.54) is 31.4 Å². The van der Waals surface area contributed by atoms with E-state index in [4.69, 9.17) is 13.9 Å². The summed E-state index contributed by atoms with van der Waals surface area (Å²) in [5, 5.41) is 15.9. The SMILES string of the molecule is CCOC(=O)Cc1csc(NC(=O)c2ccc(-c3ccc(OC)cc3[N+](=O)[O-])o2)n1. The van der Waals surface area contributed by atoms with Gasteiger partial charge in [-0.2, -0.15) is 0 Å². The van der Waals surface area contributed by atoms with Crippen LogP contribution in [0.25, 0.3) is 11.3 Å². The lowest BCUT2D eigenvalue weighted by atomic mass is 10.1. The number of thiazole rings is 1. The third-order valence-corrected chi connectivity index (χ3v) is 4.71. The third kappa shape index (κ3) is 4.81. The molecule has 30 heavy (non-hydrogen) atoms. The third-order valence-electron chi connectivity index (χ3n) is 3.90. The molecule has 2 heterocycles. The van der Waals surface area contributed by atoms with Gasteiger partial charge < -0.3 is 13.9 Å². The molecule has 3 aromatic rings. The molecule has 0 aliphatic heterocycles. The van der Waals surface area contributed by atoms with Crippen LogP contribution in [0.4, 0.5) is 10.8 Å². The Bertz CT molecular complexity index is 1090. The van der Waals surface area contributed by atoms with Crippen LogP contribution in [-0.2, 0) is 16.0 Å². The number of rotatable bonds is 8. The Hall–Kier alpha value is -3.73. The van der Waals surface area contributed by atoms with Crippen LogP contribution < -0.4 is 10.1 Å². The lowest BCUT2D eigenvalue weighted by Gasteiger charge is -2.03. The van der Waals surface area contributed by atoms with Crippen LogP contribution in [0.5, 0.6) is 5.75 Å². The molecule has 3 rings (SSSR count). The second-order valence-electron chi connectivity index (χ2n) is 5.88. The Balaban J connectivity index is 1.74. The number of nitro groups is 1. The second-order valence-corrected chi connectivity index (χ2v) is 6.74. The summed E-state index contributed by atoms with van der Waals surface area (Å²) in [5.41, 5.74) is 0.479. The molecule has 1 N–H and O–H groups in total. The maximum atomic E-state index is 12.4. The first-order valence-electron chi connectivity index (χ1n) is 8.75. The van der Waals surface area contributed by atoms with E-state index in [1.807, 2.05) is 0 Å². The Morgan fingerprint density at radius 3 is 2.80 bits per heavy atom. The number of hydrogen-bond acceptors (Lipinski definition) is 9. The van der Waals surface area contributed by atoms with Gasteiger partial charge in [0.05, 0.1) is 42.4 Å². The van der Waals surface area contributed by atoms with Crippen LogP contribution in [-0.4, -0.2) is 35.5 Å². The minimum atomic E-state index is -0.575. The number of carbonyl (C=O) groups is 2. The highest BCUT2D eigenvalue weighted by atomic mass is 32.1. The summed E-state index contributed by atoms with van der Waals surface area (Å²) in [7, 11) is 1.41. The number of esters is 1. The molecular formula is C19H17N3O7S. The summed E-state index contributed by atoms with van der Waals surface area (Å²) >= 11 is 1.15. The van der Waals surface area contributed by atoms with Gasteiger partial charge in [0.15, 0.2) is 10.9 Å². The molecule has 156 valence electrons. The standard InChI is InChI=1S/C19H17N3O7S/c1-3-28-17(23)8-11-10-30-19(20-11)21-18(24)16-7-6-15(29-16)13-5-4-12(27-2)9-14(13)22(25)26/h4-7,9-10H,3,8H2,1-2H3,(H,20,21,24). The number of hydrogen-bond donors (Lipinski definition) is 1. The molecule has 0 saturated heterocycles. The molecule has 1 amide bonds. The number of anilines is 1. The topological polar surface area (TPSA) is 134 Å². The highest BCUT2D eigenvalue weighted by Crippen LogP contribution is 2.34. The predicted octanol–water partition coefficient (Wildman–Crippen LogP) is 3.68. The molecule has 0 aliphatic rings. The second kappa shape index (κ2) is 9.18. The van der Waals surface area contributed by atoms with Gasteiger partial charge in [-0.15, -0.1) is 11.3 Å². The predicted molar refractivity (Wildman–Crippen MR) is 108 cm³/mol. The molecule has 10 nitrogen and oxygen atoms in total. The number of carbonyl (C=O) groups excluding carboxylic acids is 2. The highest BCUT2D eigenvalue weighted by molar-refractivity contribution is 7.14. The van der Waals surface area contributed by atoms with Crippen LogP contribution in [0.15, 0.2) is 40.1 Å². The summed E-state index contributed by atoms with van der Waals surface area (Å²) in [6.45, 7) is 1.99. The van der Waals surface area contributed by atoms with Gasteiger partial charge in [-0.25, -0.2) is 4.98 Å². The number of furan rings is 1. The number of methoxy groups -OCH3 is 1. The Labute approximate surface area is 174 Å². The monoisotopic (exact) mass is 431 g/mol. The summed E-state index contributed by atoms with van der Waals surface area (Å²) in [6, 6.07) is 7.20. The number of aromatic nitrogens is 1. The van der Waals surface area contributed by atoms with E-state index >= 15 is 0 Å². The van der Waals surface area contributed by atoms with Crippen molar-refractivity contribution < 1.29 is 28.4 Å². The van der Waals surface area contributed by atoms with Crippen LogP contribution >= 0.6 is 11.3 Å². The maximum Gasteiger partial charge on any atom is 0.311 e. The van der Waals surface area contributed by atoms with Gasteiger partial charge >= 0.3 is 5.97 Å². The van der Waals surface area contributed by atoms with Gasteiger partial charge in [-0.3, -0.25) is 25.0 Å². The lowest BCUT2D eigenvalue weighted by molar-refractivity contribution is -0.384. The summed E-state index contributed by atoms with van der Waals surface area (Å²) < 4.78 is 15.4. The molecule has 0 fully saturated rings. The average Bonchev–Trinajstić information content (AvgIpc) is 3.37. The first-order chi connectivity index (χ1) is 14.4. The fourth-order valence-electron chi connectivity index (χ4n) is 2.57. The van der Waals surface area contributed by atoms with Crippen molar-refractivity contribution in [3.8, 4) is 17.1 Å². The number of benzene rings is 1. The van der Waals surface area contributed by atoms with E-state index in [9.17, 15) is 19.7 Å². The van der Waals surface area contributed by atoms with E-state index in [-0.39, 0.29) is 40.9 Å². The van der Waals surface area contributed by atoms with Crippen LogP contribution in [0.1, 0.15) is 23.2 Å². The normalized spacial score (nSPS) is 10.5. The maximum absolute atomic E-state index is 12.4. The zero-order valence-corrected chi connectivity index (χ0v) is 16.9. The largest absolute Gasteiger partial charge is 0.497 e. The van der Waals surface area contributed by atoms with E-state index in [2.05, 4.69) is 10.3 Å². The van der Waals surface area contributed by atoms with Crippen LogP contribution in [0.2, 0.25) is 0 Å². The van der Waals surface area contributed by atoms with Gasteiger partial charge in [-0.05, 0) is 31.2 Å². The lowest BCUT2D eigenvalue weighted by Crippen LogP contribution is -2.11. The Morgan fingerprint density at radius 1 is 1.30 bits per heavy atom. The number of ether oxygens (including phenoxy) is 2. The minimum Gasteiger partial charge on any atom is -0.497 e. The van der Waals surface area contributed by atoms with E-state index < -0.39 is 16.8 Å². The van der Waals surface area contributed by atoms with Crippen molar-refractivity contribution >= 4 is 34.0 Å². The van der Waals surface area contributed by atoms with Crippen LogP contribution in [0.3, 0.4) is 0 Å². The number of amides is 1. The van der Waals surface area contributed by atoms with E-state index in [1.54, 1.807) is 18.4 Å². The van der Waals surface area contributed by atoms with Gasteiger partial charge in [-0.1, -0.05) is 0 Å². The minimum absolute atomic E-state index is 0.00620. The average molecular weight is 431 g/mol. The molecule has 0 unspecified atom stereocenters. The van der Waals surface area contributed by atoms with Crippen molar-refractivity contribution in [2.45, 2.75) is 13.3 Å². The Morgan fingerprint density at radius 2 is 2.10 bits per heavy atom. The van der Waals surface area contributed by atoms with Gasteiger partial charge in [0, 0.05) is 5.38 Å². The number of nitro benzene ring substituents is 1. The first-order valence-corrected chi connectivity index (χ1v) is 9.63. The first kappa shape index (κ1) is 21.0. The quantitative estimate of drug-likeness (QED) is 0.324. The fourth-order valence-corrected chi connectivity index (χ4v) is 3.27. The molecule has 1 aromatic carbocycles. The van der Waals surface area contributed by atoms with Crippen molar-refractivity contribution in [2.75, 3.05) is 19.0 Å². The van der Waals surface area contributed by atoms with Gasteiger partial charge in [0.25, 0.3) is 11.6 Å². The molecular weight excluding hydrogens is 414 g/mol. The Kier molecular flexibility index (Phi) is 6.42. The molecule has 0 spiro atoms. The van der Waals surface area contributed by atoms with Crippen LogP contribution in [0, 0.1) is 10.1 Å². The fraction of sp³-hybridized carbons (Fsp3) is 0.211. The summed E-state index contributed by atoms with van der Waals surface area (Å²) in [4.78, 5) is 38.9. The van der Waals surface area contributed by atoms with Crippen molar-refractivity contribution in [1.82, 2.24) is 4.98 Å². The molecule has 0 atom stereocenters. The zero-order valence-electron chi connectivity index (χ0n) is 16.0. The van der Waals surface area contributed by atoms with Crippen molar-refractivity contribution in [2.24, 2.45) is 0 Å². The van der Waals surface area contributed by atoms with Crippen molar-refractivity contribution in [1.29, 1.82) is 0 Å². The molecule has 0 saturated carbocycles. The molecule has 0 bridgehead atoms. The molecule has 11 heteroatoms.